The van der Waals surface area contributed by atoms with Crippen molar-refractivity contribution >= 4 is 11.6 Å². The van der Waals surface area contributed by atoms with E-state index in [1.807, 2.05) is 0 Å². The molecule has 3 atom stereocenters. The molecule has 4 nitrogen and oxygen atoms in total. The minimum absolute atomic E-state index is 0.871. The number of hydrogen-bond acceptors (Lipinski definition) is 4. The smallest absolute Gasteiger partial charge is 0.136 e. The Morgan fingerprint density at radius 2 is 2.14 bits per heavy atom. The Morgan fingerprint density at radius 3 is 2.81 bits per heavy atom. The van der Waals surface area contributed by atoms with E-state index in [-0.39, 0.29) is 0 Å². The van der Waals surface area contributed by atoms with Crippen LogP contribution in [0.1, 0.15) is 44.6 Å². The maximum Gasteiger partial charge on any atom is 0.136 e. The van der Waals surface area contributed by atoms with Crippen LogP contribution in [0.3, 0.4) is 0 Å². The van der Waals surface area contributed by atoms with Gasteiger partial charge in [-0.1, -0.05) is 13.3 Å². The number of rotatable bonds is 6. The summed E-state index contributed by atoms with van der Waals surface area (Å²) < 4.78 is 0. The van der Waals surface area contributed by atoms with Gasteiger partial charge in [-0.3, -0.25) is 0 Å². The van der Waals surface area contributed by atoms with Crippen LogP contribution in [0.25, 0.3) is 0 Å². The van der Waals surface area contributed by atoms with Gasteiger partial charge in [-0.15, -0.1) is 0 Å². The summed E-state index contributed by atoms with van der Waals surface area (Å²) in [5.74, 6) is 4.93. The summed E-state index contributed by atoms with van der Waals surface area (Å²) in [6, 6.07) is 0. The van der Waals surface area contributed by atoms with Crippen LogP contribution in [-0.4, -0.2) is 30.1 Å². The first-order valence-electron chi connectivity index (χ1n) is 8.45. The predicted molar refractivity (Wildman–Crippen MR) is 87.8 cm³/mol. The average molecular weight is 288 g/mol. The molecule has 2 aliphatic carbocycles. The van der Waals surface area contributed by atoms with E-state index in [1.54, 1.807) is 6.33 Å². The molecule has 1 aromatic heterocycles. The summed E-state index contributed by atoms with van der Waals surface area (Å²) in [7, 11) is 2.19. The molecule has 0 aromatic carbocycles. The number of nitrogens with one attached hydrogen (secondary N) is 1. The lowest BCUT2D eigenvalue weighted by molar-refractivity contribution is 0.337. The van der Waals surface area contributed by atoms with E-state index >= 15 is 0 Å². The Hall–Kier alpha value is -1.32. The molecule has 116 valence electrons. The molecule has 4 heteroatoms. The van der Waals surface area contributed by atoms with E-state index in [9.17, 15) is 0 Å². The minimum Gasteiger partial charge on any atom is -0.370 e. The first-order chi connectivity index (χ1) is 10.2. The number of nitrogens with zero attached hydrogens (tertiary/aromatic N) is 3. The summed E-state index contributed by atoms with van der Waals surface area (Å²) in [6.45, 7) is 6.41. The molecule has 1 N–H and O–H groups in total. The third kappa shape index (κ3) is 2.99. The summed E-state index contributed by atoms with van der Waals surface area (Å²) in [4.78, 5) is 11.3. The molecule has 2 aliphatic rings. The van der Waals surface area contributed by atoms with Crippen molar-refractivity contribution in [2.45, 2.75) is 46.0 Å². The first-order valence-corrected chi connectivity index (χ1v) is 8.45. The molecule has 0 spiro atoms. The molecule has 0 aliphatic heterocycles. The van der Waals surface area contributed by atoms with E-state index in [1.165, 1.54) is 31.2 Å². The van der Waals surface area contributed by atoms with Crippen molar-refractivity contribution in [1.29, 1.82) is 0 Å². The Morgan fingerprint density at radius 1 is 1.29 bits per heavy atom. The summed E-state index contributed by atoms with van der Waals surface area (Å²) in [6.07, 6.45) is 8.64. The van der Waals surface area contributed by atoms with Gasteiger partial charge in [0.1, 0.15) is 18.0 Å². The van der Waals surface area contributed by atoms with Gasteiger partial charge in [0.15, 0.2) is 0 Å². The van der Waals surface area contributed by atoms with Crippen molar-refractivity contribution in [2.24, 2.45) is 17.8 Å². The molecular weight excluding hydrogens is 260 g/mol. The highest BCUT2D eigenvalue weighted by atomic mass is 15.2. The summed E-state index contributed by atoms with van der Waals surface area (Å²) in [5.41, 5.74) is 1.18. The third-order valence-corrected chi connectivity index (χ3v) is 5.35. The minimum atomic E-state index is 0.871. The van der Waals surface area contributed by atoms with Crippen LogP contribution < -0.4 is 10.2 Å². The fourth-order valence-corrected chi connectivity index (χ4v) is 4.29. The van der Waals surface area contributed by atoms with Crippen molar-refractivity contribution < 1.29 is 0 Å². The van der Waals surface area contributed by atoms with Gasteiger partial charge in [-0.05, 0) is 50.4 Å². The van der Waals surface area contributed by atoms with Crippen LogP contribution in [0.4, 0.5) is 11.6 Å². The average Bonchev–Trinajstić information content (AvgIpc) is 3.08. The molecule has 0 amide bonds. The largest absolute Gasteiger partial charge is 0.370 e. The summed E-state index contributed by atoms with van der Waals surface area (Å²) >= 11 is 0. The number of fused-ring (bicyclic) bond motifs is 2. The predicted octanol–water partition coefficient (Wildman–Crippen LogP) is 3.48. The lowest BCUT2D eigenvalue weighted by Crippen LogP contribution is -2.30. The zero-order valence-corrected chi connectivity index (χ0v) is 13.6. The molecule has 1 heterocycles. The maximum absolute atomic E-state index is 4.53. The normalized spacial score (nSPS) is 27.1. The van der Waals surface area contributed by atoms with Crippen molar-refractivity contribution in [1.82, 2.24) is 9.97 Å². The number of aromatic nitrogens is 2. The van der Waals surface area contributed by atoms with Crippen molar-refractivity contribution in [3.63, 3.8) is 0 Å². The molecule has 2 fully saturated rings. The van der Waals surface area contributed by atoms with Crippen molar-refractivity contribution in [2.75, 3.05) is 30.4 Å². The van der Waals surface area contributed by atoms with Gasteiger partial charge >= 0.3 is 0 Å². The zero-order valence-electron chi connectivity index (χ0n) is 13.6. The molecule has 1 aromatic rings. The molecule has 3 unspecified atom stereocenters. The molecule has 3 rings (SSSR count). The van der Waals surface area contributed by atoms with E-state index in [4.69, 9.17) is 0 Å². The Balaban J connectivity index is 1.68. The second-order valence-electron chi connectivity index (χ2n) is 6.91. The van der Waals surface area contributed by atoms with E-state index in [2.05, 4.69) is 41.1 Å². The Bertz CT molecular complexity index is 488. The van der Waals surface area contributed by atoms with Crippen LogP contribution in [0.15, 0.2) is 6.33 Å². The highest BCUT2D eigenvalue weighted by Crippen LogP contribution is 2.48. The molecule has 0 saturated heterocycles. The van der Waals surface area contributed by atoms with Crippen LogP contribution in [0, 0.1) is 24.7 Å². The van der Waals surface area contributed by atoms with E-state index in [0.717, 1.165) is 48.9 Å². The zero-order chi connectivity index (χ0) is 14.8. The Labute approximate surface area is 128 Å². The molecule has 21 heavy (non-hydrogen) atoms. The monoisotopic (exact) mass is 288 g/mol. The number of hydrogen-bond donors (Lipinski definition) is 1. The maximum atomic E-state index is 4.53. The lowest BCUT2D eigenvalue weighted by Gasteiger charge is -2.29. The van der Waals surface area contributed by atoms with E-state index in [0.29, 0.717) is 0 Å². The van der Waals surface area contributed by atoms with Gasteiger partial charge in [0.25, 0.3) is 0 Å². The van der Waals surface area contributed by atoms with Gasteiger partial charge in [-0.25, -0.2) is 9.97 Å². The molecule has 2 bridgehead atoms. The molecular formula is C17H28N4. The second-order valence-corrected chi connectivity index (χ2v) is 6.91. The van der Waals surface area contributed by atoms with Crippen LogP contribution in [-0.2, 0) is 0 Å². The topological polar surface area (TPSA) is 41.1 Å². The number of anilines is 2. The van der Waals surface area contributed by atoms with Crippen LogP contribution >= 0.6 is 0 Å². The quantitative estimate of drug-likeness (QED) is 0.870. The van der Waals surface area contributed by atoms with Gasteiger partial charge < -0.3 is 10.2 Å². The van der Waals surface area contributed by atoms with Gasteiger partial charge in [0.05, 0.1) is 0 Å². The fourth-order valence-electron chi connectivity index (χ4n) is 4.29. The highest BCUT2D eigenvalue weighted by Gasteiger charge is 2.39. The second kappa shape index (κ2) is 6.20. The highest BCUT2D eigenvalue weighted by molar-refractivity contribution is 5.57. The van der Waals surface area contributed by atoms with Crippen LogP contribution in [0.2, 0.25) is 0 Å². The standard InChI is InChI=1S/C17H28N4/c1-4-7-18-16-12(2)17(20-11-19-16)21(3)10-15-9-13-5-6-14(15)8-13/h11,13-15H,4-10H2,1-3H3,(H,18,19,20). The molecule has 0 radical (unpaired) electrons. The van der Waals surface area contributed by atoms with Crippen LogP contribution in [0.5, 0.6) is 0 Å². The van der Waals surface area contributed by atoms with Crippen molar-refractivity contribution in [3.8, 4) is 0 Å². The molecule has 2 saturated carbocycles. The first kappa shape index (κ1) is 14.6. The Kier molecular flexibility index (Phi) is 4.32. The van der Waals surface area contributed by atoms with Gasteiger partial charge in [0.2, 0.25) is 0 Å². The van der Waals surface area contributed by atoms with Gasteiger partial charge in [0, 0.05) is 25.7 Å². The SMILES string of the molecule is CCCNc1ncnc(N(C)CC2CC3CCC2C3)c1C. The van der Waals surface area contributed by atoms with E-state index < -0.39 is 0 Å². The van der Waals surface area contributed by atoms with Gasteiger partial charge in [-0.2, -0.15) is 0 Å². The van der Waals surface area contributed by atoms with Crippen molar-refractivity contribution in [3.05, 3.63) is 11.9 Å². The fraction of sp³-hybridized carbons (Fsp3) is 0.765. The lowest BCUT2D eigenvalue weighted by atomic mass is 9.88. The summed E-state index contributed by atoms with van der Waals surface area (Å²) in [5, 5.41) is 3.40. The third-order valence-electron chi connectivity index (χ3n) is 5.35.